The highest BCUT2D eigenvalue weighted by Gasteiger charge is 2.06. The molecule has 66 valence electrons. The predicted molar refractivity (Wildman–Crippen MR) is 45.0 cm³/mol. The summed E-state index contributed by atoms with van der Waals surface area (Å²) in [7, 11) is 0. The maximum atomic E-state index is 10.5. The molecule has 0 amide bonds. The van der Waals surface area contributed by atoms with Gasteiger partial charge in [0, 0.05) is 0 Å². The molecule has 6 heteroatoms. The number of aromatic nitrogens is 3. The van der Waals surface area contributed by atoms with Crippen molar-refractivity contribution in [1.29, 1.82) is 0 Å². The van der Waals surface area contributed by atoms with Crippen molar-refractivity contribution in [3.05, 3.63) is 29.2 Å². The maximum absolute atomic E-state index is 10.5. The lowest BCUT2D eigenvalue weighted by Gasteiger charge is -1.93. The minimum Gasteiger partial charge on any atom is -0.476 e. The van der Waals surface area contributed by atoms with Crippen LogP contribution in [0.2, 0.25) is 5.15 Å². The van der Waals surface area contributed by atoms with Crippen LogP contribution < -0.4 is 0 Å². The van der Waals surface area contributed by atoms with Crippen molar-refractivity contribution in [3.8, 4) is 0 Å². The van der Waals surface area contributed by atoms with E-state index in [-0.39, 0.29) is 10.8 Å². The van der Waals surface area contributed by atoms with Gasteiger partial charge >= 0.3 is 5.97 Å². The van der Waals surface area contributed by atoms with Crippen LogP contribution >= 0.6 is 11.6 Å². The van der Waals surface area contributed by atoms with Gasteiger partial charge in [0.05, 0.1) is 6.20 Å². The van der Waals surface area contributed by atoms with Gasteiger partial charge in [0.2, 0.25) is 0 Å². The fourth-order valence-corrected chi connectivity index (χ4v) is 1.15. The molecule has 1 N–H and O–H groups in total. The van der Waals surface area contributed by atoms with E-state index in [0.717, 1.165) is 0 Å². The van der Waals surface area contributed by atoms with Gasteiger partial charge in [0.25, 0.3) is 0 Å². The Labute approximate surface area is 77.6 Å². The van der Waals surface area contributed by atoms with Crippen LogP contribution in [0.4, 0.5) is 0 Å². The van der Waals surface area contributed by atoms with E-state index in [1.807, 2.05) is 0 Å². The molecule has 0 atom stereocenters. The minimum atomic E-state index is -1.08. The van der Waals surface area contributed by atoms with E-state index in [4.69, 9.17) is 16.7 Å². The number of hydrogen-bond acceptors (Lipinski definition) is 3. The van der Waals surface area contributed by atoms with E-state index < -0.39 is 5.97 Å². The molecule has 2 heterocycles. The van der Waals surface area contributed by atoms with Crippen molar-refractivity contribution in [3.63, 3.8) is 0 Å². The van der Waals surface area contributed by atoms with Gasteiger partial charge in [-0.25, -0.2) is 14.3 Å². The van der Waals surface area contributed by atoms with Gasteiger partial charge in [-0.15, -0.1) is 0 Å². The first kappa shape index (κ1) is 8.00. The van der Waals surface area contributed by atoms with Crippen LogP contribution in [-0.2, 0) is 0 Å². The second-order valence-corrected chi connectivity index (χ2v) is 2.78. The molecule has 0 saturated heterocycles. The topological polar surface area (TPSA) is 67.5 Å². The fraction of sp³-hybridized carbons (Fsp3) is 0. The van der Waals surface area contributed by atoms with E-state index in [9.17, 15) is 4.79 Å². The van der Waals surface area contributed by atoms with Crippen molar-refractivity contribution in [2.75, 3.05) is 0 Å². The zero-order valence-electron chi connectivity index (χ0n) is 6.31. The van der Waals surface area contributed by atoms with E-state index in [0.29, 0.717) is 5.65 Å². The van der Waals surface area contributed by atoms with Crippen molar-refractivity contribution in [2.45, 2.75) is 0 Å². The molecule has 2 rings (SSSR count). The van der Waals surface area contributed by atoms with Crippen LogP contribution in [0.1, 0.15) is 10.5 Å². The van der Waals surface area contributed by atoms with Crippen LogP contribution in [0.3, 0.4) is 0 Å². The van der Waals surface area contributed by atoms with E-state index in [1.165, 1.54) is 16.8 Å². The number of carboxylic acid groups (broad SMARTS) is 1. The summed E-state index contributed by atoms with van der Waals surface area (Å²) in [6.07, 6.45) is 1.45. The average Bonchev–Trinajstić information content (AvgIpc) is 2.42. The number of fused-ring (bicyclic) bond motifs is 1. The molecular formula is C7H4ClN3O2. The number of carbonyl (C=O) groups is 1. The third-order valence-electron chi connectivity index (χ3n) is 1.51. The first-order valence-corrected chi connectivity index (χ1v) is 3.80. The van der Waals surface area contributed by atoms with Crippen LogP contribution in [-0.4, -0.2) is 25.7 Å². The van der Waals surface area contributed by atoms with E-state index in [2.05, 4.69) is 10.1 Å². The summed E-state index contributed by atoms with van der Waals surface area (Å²) in [5, 5.41) is 12.7. The summed E-state index contributed by atoms with van der Waals surface area (Å²) < 4.78 is 1.33. The highest BCUT2D eigenvalue weighted by molar-refractivity contribution is 6.29. The molecule has 0 fully saturated rings. The SMILES string of the molecule is O=C(O)c1ccc2nc(Cl)cn2n1. The molecule has 0 aliphatic rings. The number of halogens is 1. The largest absolute Gasteiger partial charge is 0.476 e. The number of imidazole rings is 1. The van der Waals surface area contributed by atoms with Gasteiger partial charge in [-0.05, 0) is 12.1 Å². The summed E-state index contributed by atoms with van der Waals surface area (Å²) in [6.45, 7) is 0. The first-order valence-electron chi connectivity index (χ1n) is 3.42. The van der Waals surface area contributed by atoms with Crippen molar-refractivity contribution in [2.24, 2.45) is 0 Å². The van der Waals surface area contributed by atoms with Crippen molar-refractivity contribution < 1.29 is 9.90 Å². The molecule has 0 aliphatic heterocycles. The lowest BCUT2D eigenvalue weighted by Crippen LogP contribution is -2.03. The standard InChI is InChI=1S/C7H4ClN3O2/c8-5-3-11-6(9-5)2-1-4(10-11)7(12)13/h1-3H,(H,12,13). The van der Waals surface area contributed by atoms with Crippen molar-refractivity contribution >= 4 is 23.2 Å². The Kier molecular flexibility index (Phi) is 1.66. The van der Waals surface area contributed by atoms with Gasteiger partial charge < -0.3 is 5.11 Å². The number of hydrogen-bond donors (Lipinski definition) is 1. The monoisotopic (exact) mass is 197 g/mol. The number of rotatable bonds is 1. The molecule has 0 aliphatic carbocycles. The molecule has 0 radical (unpaired) electrons. The van der Waals surface area contributed by atoms with Crippen LogP contribution in [0, 0.1) is 0 Å². The second-order valence-electron chi connectivity index (χ2n) is 2.39. The fourth-order valence-electron chi connectivity index (χ4n) is 0.967. The lowest BCUT2D eigenvalue weighted by atomic mass is 10.4. The van der Waals surface area contributed by atoms with Crippen LogP contribution in [0.25, 0.3) is 5.65 Å². The third-order valence-corrected chi connectivity index (χ3v) is 1.69. The molecule has 0 unspecified atom stereocenters. The van der Waals surface area contributed by atoms with Crippen molar-refractivity contribution in [1.82, 2.24) is 14.6 Å². The molecule has 2 aromatic heterocycles. The summed E-state index contributed by atoms with van der Waals surface area (Å²) in [4.78, 5) is 14.4. The van der Waals surface area contributed by atoms with E-state index >= 15 is 0 Å². The average molecular weight is 198 g/mol. The molecule has 13 heavy (non-hydrogen) atoms. The Morgan fingerprint density at radius 2 is 2.31 bits per heavy atom. The molecule has 0 spiro atoms. The van der Waals surface area contributed by atoms with Gasteiger partial charge in [0.1, 0.15) is 5.15 Å². The highest BCUT2D eigenvalue weighted by atomic mass is 35.5. The molecule has 0 bridgehead atoms. The molecule has 5 nitrogen and oxygen atoms in total. The number of aromatic carboxylic acids is 1. The van der Waals surface area contributed by atoms with Gasteiger partial charge in [-0.2, -0.15) is 5.10 Å². The number of carboxylic acids is 1. The first-order chi connectivity index (χ1) is 6.16. The Morgan fingerprint density at radius 3 is 3.00 bits per heavy atom. The van der Waals surface area contributed by atoms with Crippen LogP contribution in [0.5, 0.6) is 0 Å². The molecular weight excluding hydrogens is 194 g/mol. The normalized spacial score (nSPS) is 10.5. The summed E-state index contributed by atoms with van der Waals surface area (Å²) in [5.74, 6) is -1.08. The molecule has 2 aromatic rings. The van der Waals surface area contributed by atoms with Gasteiger partial charge in [-0.3, -0.25) is 0 Å². The Bertz CT molecular complexity index is 480. The smallest absolute Gasteiger partial charge is 0.356 e. The predicted octanol–water partition coefficient (Wildman–Crippen LogP) is 1.08. The number of nitrogens with zero attached hydrogens (tertiary/aromatic N) is 3. The van der Waals surface area contributed by atoms with Crippen LogP contribution in [0.15, 0.2) is 18.3 Å². The molecule has 0 saturated carbocycles. The Balaban J connectivity index is 2.67. The summed E-state index contributed by atoms with van der Waals surface area (Å²) in [6, 6.07) is 2.92. The third kappa shape index (κ3) is 1.33. The maximum Gasteiger partial charge on any atom is 0.356 e. The van der Waals surface area contributed by atoms with Gasteiger partial charge in [-0.1, -0.05) is 11.6 Å². The quantitative estimate of drug-likeness (QED) is 0.743. The Morgan fingerprint density at radius 1 is 1.54 bits per heavy atom. The second kappa shape index (κ2) is 2.70. The highest BCUT2D eigenvalue weighted by Crippen LogP contribution is 2.08. The van der Waals surface area contributed by atoms with Gasteiger partial charge in [0.15, 0.2) is 11.3 Å². The lowest BCUT2D eigenvalue weighted by molar-refractivity contribution is 0.0689. The summed E-state index contributed by atoms with van der Waals surface area (Å²) in [5.41, 5.74) is 0.483. The molecule has 0 aromatic carbocycles. The minimum absolute atomic E-state index is 0.0402. The van der Waals surface area contributed by atoms with E-state index in [1.54, 1.807) is 6.07 Å². The summed E-state index contributed by atoms with van der Waals surface area (Å²) >= 11 is 5.60. The zero-order valence-corrected chi connectivity index (χ0v) is 7.06. The zero-order chi connectivity index (χ0) is 9.42. The Hall–Kier alpha value is -1.62.